The van der Waals surface area contributed by atoms with Crippen LogP contribution in [0.4, 0.5) is 10.1 Å². The van der Waals surface area contributed by atoms with Crippen molar-refractivity contribution in [3.8, 4) is 11.5 Å². The predicted octanol–water partition coefficient (Wildman–Crippen LogP) is 5.01. The van der Waals surface area contributed by atoms with Crippen LogP contribution < -0.4 is 9.64 Å². The molecule has 0 atom stereocenters. The van der Waals surface area contributed by atoms with E-state index in [1.165, 1.54) is 12.1 Å². The zero-order valence-electron chi connectivity index (χ0n) is 13.6. The number of esters is 1. The first kappa shape index (κ1) is 18.1. The number of para-hydroxylation sites is 1. The summed E-state index contributed by atoms with van der Waals surface area (Å²) in [7, 11) is 1.75. The Labute approximate surface area is 145 Å². The van der Waals surface area contributed by atoms with Crippen molar-refractivity contribution >= 4 is 23.3 Å². The number of nitrogens with zero attached hydrogens (tertiary/aromatic N) is 1. The van der Waals surface area contributed by atoms with Crippen molar-refractivity contribution in [3.63, 3.8) is 0 Å². The van der Waals surface area contributed by atoms with Gasteiger partial charge >= 0.3 is 5.97 Å². The molecule has 0 aliphatic rings. The van der Waals surface area contributed by atoms with Crippen LogP contribution in [0.5, 0.6) is 11.5 Å². The van der Waals surface area contributed by atoms with Crippen LogP contribution in [0.2, 0.25) is 5.02 Å². The van der Waals surface area contributed by atoms with Crippen LogP contribution in [0.3, 0.4) is 0 Å². The van der Waals surface area contributed by atoms with Crippen LogP contribution in [-0.4, -0.2) is 19.7 Å². The average molecular weight is 352 g/mol. The number of halogens is 2. The number of rotatable bonds is 7. The minimum atomic E-state index is -0.472. The van der Waals surface area contributed by atoms with Crippen LogP contribution in [0.15, 0.2) is 42.5 Å². The molecule has 0 aliphatic heterocycles. The fourth-order valence-electron chi connectivity index (χ4n) is 2.05. The van der Waals surface area contributed by atoms with Gasteiger partial charge in [-0.05, 0) is 30.7 Å². The topological polar surface area (TPSA) is 38.8 Å². The Bertz CT molecular complexity index is 708. The number of anilines is 1. The highest BCUT2D eigenvalue weighted by molar-refractivity contribution is 6.30. The lowest BCUT2D eigenvalue weighted by atomic mass is 10.2. The first-order chi connectivity index (χ1) is 11.5. The van der Waals surface area contributed by atoms with Crippen LogP contribution in [0.1, 0.15) is 19.8 Å². The molecule has 0 aliphatic carbocycles. The van der Waals surface area contributed by atoms with Crippen LogP contribution >= 0.6 is 11.6 Å². The molecule has 0 saturated carbocycles. The smallest absolute Gasteiger partial charge is 0.307 e. The third kappa shape index (κ3) is 4.86. The van der Waals surface area contributed by atoms with Crippen molar-refractivity contribution in [2.45, 2.75) is 19.8 Å². The maximum absolute atomic E-state index is 13.8. The first-order valence-electron chi connectivity index (χ1n) is 7.60. The Morgan fingerprint density at radius 1 is 1.21 bits per heavy atom. The van der Waals surface area contributed by atoms with Gasteiger partial charge in [0.2, 0.25) is 0 Å². The zero-order chi connectivity index (χ0) is 17.5. The summed E-state index contributed by atoms with van der Waals surface area (Å²) in [5.41, 5.74) is 0.631. The van der Waals surface area contributed by atoms with E-state index in [9.17, 15) is 9.18 Å². The third-order valence-corrected chi connectivity index (χ3v) is 3.50. The molecule has 0 radical (unpaired) electrons. The van der Waals surface area contributed by atoms with Crippen molar-refractivity contribution in [3.05, 3.63) is 53.3 Å². The van der Waals surface area contributed by atoms with Gasteiger partial charge in [0, 0.05) is 24.6 Å². The van der Waals surface area contributed by atoms with E-state index in [1.807, 2.05) is 6.92 Å². The van der Waals surface area contributed by atoms with Gasteiger partial charge in [-0.2, -0.15) is 0 Å². The molecule has 0 N–H and O–H groups in total. The molecule has 0 amide bonds. The van der Waals surface area contributed by atoms with Crippen molar-refractivity contribution in [2.24, 2.45) is 0 Å². The van der Waals surface area contributed by atoms with Crippen molar-refractivity contribution < 1.29 is 18.7 Å². The standard InChI is InChI=1S/C18H19ClFNO3/c1-3-6-18(22)23-12-21(2)15-10-9-13(19)11-17(15)24-16-8-5-4-7-14(16)20/h4-5,7-11H,3,6,12H2,1-2H3. The van der Waals surface area contributed by atoms with E-state index in [0.29, 0.717) is 22.9 Å². The molecule has 0 fully saturated rings. The summed E-state index contributed by atoms with van der Waals surface area (Å²) in [6.07, 6.45) is 1.10. The second-order valence-electron chi connectivity index (χ2n) is 5.24. The van der Waals surface area contributed by atoms with E-state index >= 15 is 0 Å². The predicted molar refractivity (Wildman–Crippen MR) is 92.2 cm³/mol. The highest BCUT2D eigenvalue weighted by Gasteiger charge is 2.14. The molecule has 0 unspecified atom stereocenters. The van der Waals surface area contributed by atoms with Crippen molar-refractivity contribution in [1.29, 1.82) is 0 Å². The first-order valence-corrected chi connectivity index (χ1v) is 7.97. The zero-order valence-corrected chi connectivity index (χ0v) is 14.3. The van der Waals surface area contributed by atoms with Gasteiger partial charge in [0.25, 0.3) is 0 Å². The van der Waals surface area contributed by atoms with Gasteiger partial charge in [0.15, 0.2) is 24.0 Å². The van der Waals surface area contributed by atoms with Gasteiger partial charge in [-0.1, -0.05) is 30.7 Å². The van der Waals surface area contributed by atoms with Crippen molar-refractivity contribution in [1.82, 2.24) is 0 Å². The molecule has 0 saturated heterocycles. The number of carbonyl (C=O) groups is 1. The SMILES string of the molecule is CCCC(=O)OCN(C)c1ccc(Cl)cc1Oc1ccccc1F. The maximum atomic E-state index is 13.8. The Morgan fingerprint density at radius 2 is 1.96 bits per heavy atom. The molecule has 2 rings (SSSR count). The number of benzene rings is 2. The van der Waals surface area contributed by atoms with E-state index in [-0.39, 0.29) is 18.4 Å². The van der Waals surface area contributed by atoms with E-state index in [1.54, 1.807) is 42.3 Å². The lowest BCUT2D eigenvalue weighted by Crippen LogP contribution is -2.23. The van der Waals surface area contributed by atoms with E-state index in [0.717, 1.165) is 6.42 Å². The Kier molecular flexibility index (Phi) is 6.44. The normalized spacial score (nSPS) is 10.3. The van der Waals surface area contributed by atoms with Gasteiger partial charge in [0.1, 0.15) is 0 Å². The quantitative estimate of drug-likeness (QED) is 0.519. The van der Waals surface area contributed by atoms with Crippen LogP contribution in [0, 0.1) is 5.82 Å². The summed E-state index contributed by atoms with van der Waals surface area (Å²) < 4.78 is 24.6. The second-order valence-corrected chi connectivity index (χ2v) is 5.67. The van der Waals surface area contributed by atoms with E-state index in [4.69, 9.17) is 21.1 Å². The highest BCUT2D eigenvalue weighted by Crippen LogP contribution is 2.35. The Morgan fingerprint density at radius 3 is 2.67 bits per heavy atom. The maximum Gasteiger partial charge on any atom is 0.307 e. The minimum Gasteiger partial charge on any atom is -0.452 e. The number of hydrogen-bond donors (Lipinski definition) is 0. The van der Waals surface area contributed by atoms with Crippen molar-refractivity contribution in [2.75, 3.05) is 18.7 Å². The summed E-state index contributed by atoms with van der Waals surface area (Å²) in [4.78, 5) is 13.2. The lowest BCUT2D eigenvalue weighted by Gasteiger charge is -2.22. The molecule has 0 bridgehead atoms. The fourth-order valence-corrected chi connectivity index (χ4v) is 2.21. The number of hydrogen-bond acceptors (Lipinski definition) is 4. The highest BCUT2D eigenvalue weighted by atomic mass is 35.5. The Balaban J connectivity index is 2.18. The van der Waals surface area contributed by atoms with Gasteiger partial charge < -0.3 is 14.4 Å². The summed E-state index contributed by atoms with van der Waals surface area (Å²) in [5, 5.41) is 0.460. The summed E-state index contributed by atoms with van der Waals surface area (Å²) in [5.74, 6) is -0.269. The molecule has 24 heavy (non-hydrogen) atoms. The molecule has 128 valence electrons. The fraction of sp³-hybridized carbons (Fsp3) is 0.278. The monoisotopic (exact) mass is 351 g/mol. The second kappa shape index (κ2) is 8.55. The summed E-state index contributed by atoms with van der Waals surface area (Å²) in [6.45, 7) is 1.97. The minimum absolute atomic E-state index is 0.0636. The van der Waals surface area contributed by atoms with Gasteiger partial charge in [0.05, 0.1) is 5.69 Å². The number of ether oxygens (including phenoxy) is 2. The average Bonchev–Trinajstić information content (AvgIpc) is 2.55. The van der Waals surface area contributed by atoms with Gasteiger partial charge in [-0.3, -0.25) is 4.79 Å². The van der Waals surface area contributed by atoms with E-state index < -0.39 is 5.82 Å². The molecule has 0 aromatic heterocycles. The summed E-state index contributed by atoms with van der Waals surface area (Å²) in [6, 6.07) is 11.1. The molecular weight excluding hydrogens is 333 g/mol. The molecule has 0 heterocycles. The third-order valence-electron chi connectivity index (χ3n) is 3.26. The van der Waals surface area contributed by atoms with Gasteiger partial charge in [-0.25, -0.2) is 4.39 Å². The molecule has 6 heteroatoms. The lowest BCUT2D eigenvalue weighted by molar-refractivity contribution is -0.143. The summed E-state index contributed by atoms with van der Waals surface area (Å²) >= 11 is 6.02. The van der Waals surface area contributed by atoms with Crippen LogP contribution in [-0.2, 0) is 9.53 Å². The largest absolute Gasteiger partial charge is 0.452 e. The van der Waals surface area contributed by atoms with E-state index in [2.05, 4.69) is 0 Å². The van der Waals surface area contributed by atoms with Gasteiger partial charge in [-0.15, -0.1) is 0 Å². The number of carbonyl (C=O) groups excluding carboxylic acids is 1. The molecule has 4 nitrogen and oxygen atoms in total. The molecular formula is C18H19ClFNO3. The Hall–Kier alpha value is -2.27. The van der Waals surface area contributed by atoms with Crippen LogP contribution in [0.25, 0.3) is 0 Å². The molecule has 2 aromatic carbocycles. The molecule has 2 aromatic rings. The molecule has 0 spiro atoms.